The van der Waals surface area contributed by atoms with Crippen molar-refractivity contribution in [3.8, 4) is 11.8 Å². The van der Waals surface area contributed by atoms with Gasteiger partial charge in [-0.15, -0.1) is 6.58 Å². The highest BCUT2D eigenvalue weighted by molar-refractivity contribution is 5.85. The Morgan fingerprint density at radius 3 is 2.47 bits per heavy atom. The largest absolute Gasteiger partial charge is 0.205 e. The summed E-state index contributed by atoms with van der Waals surface area (Å²) in [5.41, 5.74) is 4.09. The highest BCUT2D eigenvalue weighted by Crippen LogP contribution is 2.38. The molecule has 1 saturated carbocycles. The van der Waals surface area contributed by atoms with Crippen molar-refractivity contribution in [2.75, 3.05) is 0 Å². The van der Waals surface area contributed by atoms with E-state index in [1.165, 1.54) is 62.5 Å². The fourth-order valence-corrected chi connectivity index (χ4v) is 5.27. The van der Waals surface area contributed by atoms with Crippen LogP contribution in [0.25, 0.3) is 10.8 Å². The van der Waals surface area contributed by atoms with Crippen molar-refractivity contribution in [3.63, 3.8) is 0 Å². The minimum absolute atomic E-state index is 0.208. The Kier molecular flexibility index (Phi) is 8.59. The molecule has 0 spiro atoms. The molecule has 3 aromatic carbocycles. The van der Waals surface area contributed by atoms with Crippen molar-refractivity contribution in [1.29, 1.82) is 0 Å². The zero-order chi connectivity index (χ0) is 23.8. The molecule has 0 atom stereocenters. The molecule has 176 valence electrons. The number of aryl methyl sites for hydroxylation is 1. The first-order valence-electron chi connectivity index (χ1n) is 13.1. The third-order valence-electron chi connectivity index (χ3n) is 7.44. The van der Waals surface area contributed by atoms with E-state index in [0.717, 1.165) is 29.7 Å². The number of unbranched alkanes of at least 4 members (excludes halogenated alkanes) is 2. The van der Waals surface area contributed by atoms with Crippen LogP contribution in [0.15, 0.2) is 67.3 Å². The minimum atomic E-state index is -0.208. The molecular formula is C33H37F. The molecule has 1 aliphatic rings. The van der Waals surface area contributed by atoms with E-state index in [1.807, 2.05) is 36.4 Å². The van der Waals surface area contributed by atoms with Crippen molar-refractivity contribution in [2.45, 2.75) is 77.0 Å². The zero-order valence-electron chi connectivity index (χ0n) is 20.6. The predicted molar refractivity (Wildman–Crippen MR) is 144 cm³/mol. The van der Waals surface area contributed by atoms with E-state index < -0.39 is 0 Å². The summed E-state index contributed by atoms with van der Waals surface area (Å²) in [5.74, 6) is 7.43. The number of allylic oxidation sites excluding steroid dienone is 1. The SMILES string of the molecule is C=CCCC1CCC(c2ccc3c(F)c(C#Cc4ccc(CCCCC)cc4)ccc3c2)CC1. The van der Waals surface area contributed by atoms with E-state index in [1.54, 1.807) is 0 Å². The molecule has 1 fully saturated rings. The maximum atomic E-state index is 15.2. The van der Waals surface area contributed by atoms with Gasteiger partial charge in [0.15, 0.2) is 0 Å². The number of rotatable bonds is 8. The lowest BCUT2D eigenvalue weighted by molar-refractivity contribution is 0.312. The van der Waals surface area contributed by atoms with Gasteiger partial charge < -0.3 is 0 Å². The van der Waals surface area contributed by atoms with Crippen molar-refractivity contribution >= 4 is 10.8 Å². The van der Waals surface area contributed by atoms with Gasteiger partial charge in [-0.3, -0.25) is 0 Å². The van der Waals surface area contributed by atoms with Gasteiger partial charge in [-0.25, -0.2) is 4.39 Å². The molecule has 1 heteroatoms. The molecule has 0 aliphatic heterocycles. The van der Waals surface area contributed by atoms with Crippen LogP contribution in [0.4, 0.5) is 4.39 Å². The van der Waals surface area contributed by atoms with Crippen molar-refractivity contribution in [2.24, 2.45) is 5.92 Å². The quantitative estimate of drug-likeness (QED) is 0.181. The van der Waals surface area contributed by atoms with Gasteiger partial charge in [0.2, 0.25) is 0 Å². The second-order valence-electron chi connectivity index (χ2n) is 9.90. The van der Waals surface area contributed by atoms with Crippen LogP contribution in [-0.4, -0.2) is 0 Å². The molecule has 0 radical (unpaired) electrons. The van der Waals surface area contributed by atoms with Gasteiger partial charge in [-0.05, 0) is 97.9 Å². The Morgan fingerprint density at radius 2 is 1.74 bits per heavy atom. The van der Waals surface area contributed by atoms with Crippen molar-refractivity contribution < 1.29 is 4.39 Å². The van der Waals surface area contributed by atoms with Gasteiger partial charge in [0.1, 0.15) is 5.82 Å². The molecule has 0 aromatic heterocycles. The summed E-state index contributed by atoms with van der Waals surface area (Å²) in [6.45, 7) is 6.08. The van der Waals surface area contributed by atoms with Gasteiger partial charge in [0.05, 0.1) is 5.56 Å². The lowest BCUT2D eigenvalue weighted by Crippen LogP contribution is -2.13. The second-order valence-corrected chi connectivity index (χ2v) is 9.90. The van der Waals surface area contributed by atoms with E-state index >= 15 is 4.39 Å². The van der Waals surface area contributed by atoms with Gasteiger partial charge in [0, 0.05) is 10.9 Å². The van der Waals surface area contributed by atoms with E-state index in [0.29, 0.717) is 16.9 Å². The van der Waals surface area contributed by atoms with Gasteiger partial charge in [0.25, 0.3) is 0 Å². The van der Waals surface area contributed by atoms with Crippen LogP contribution in [-0.2, 0) is 6.42 Å². The lowest BCUT2D eigenvalue weighted by atomic mass is 9.77. The molecule has 3 aromatic rings. The molecule has 0 bridgehead atoms. The average molecular weight is 453 g/mol. The second kappa shape index (κ2) is 12.0. The van der Waals surface area contributed by atoms with E-state index in [-0.39, 0.29) is 5.82 Å². The Labute approximate surface area is 205 Å². The van der Waals surface area contributed by atoms with Crippen LogP contribution in [0.1, 0.15) is 92.9 Å². The zero-order valence-corrected chi connectivity index (χ0v) is 20.6. The third kappa shape index (κ3) is 6.18. The number of hydrogen-bond acceptors (Lipinski definition) is 0. The lowest BCUT2D eigenvalue weighted by Gasteiger charge is -2.28. The highest BCUT2D eigenvalue weighted by Gasteiger charge is 2.22. The topological polar surface area (TPSA) is 0 Å². The number of fused-ring (bicyclic) bond motifs is 1. The molecule has 34 heavy (non-hydrogen) atoms. The van der Waals surface area contributed by atoms with E-state index in [4.69, 9.17) is 0 Å². The highest BCUT2D eigenvalue weighted by atomic mass is 19.1. The van der Waals surface area contributed by atoms with E-state index in [9.17, 15) is 0 Å². The van der Waals surface area contributed by atoms with Crippen molar-refractivity contribution in [3.05, 3.63) is 95.3 Å². The first-order valence-corrected chi connectivity index (χ1v) is 13.1. The number of hydrogen-bond donors (Lipinski definition) is 0. The molecule has 1 aliphatic carbocycles. The first kappa shape index (κ1) is 24.3. The average Bonchev–Trinajstić information content (AvgIpc) is 2.88. The Hall–Kier alpha value is -2.85. The molecule has 0 saturated heterocycles. The first-order chi connectivity index (χ1) is 16.7. The smallest absolute Gasteiger partial charge is 0.146 e. The summed E-state index contributed by atoms with van der Waals surface area (Å²) < 4.78 is 15.2. The molecule has 0 nitrogen and oxygen atoms in total. The van der Waals surface area contributed by atoms with Gasteiger partial charge in [-0.2, -0.15) is 0 Å². The molecule has 0 unspecified atom stereocenters. The van der Waals surface area contributed by atoms with Crippen LogP contribution in [0.2, 0.25) is 0 Å². The minimum Gasteiger partial charge on any atom is -0.205 e. The Balaban J connectivity index is 1.44. The summed E-state index contributed by atoms with van der Waals surface area (Å²) in [6.07, 6.45) is 14.3. The summed E-state index contributed by atoms with van der Waals surface area (Å²) in [4.78, 5) is 0. The Bertz CT molecular complexity index is 1150. The van der Waals surface area contributed by atoms with E-state index in [2.05, 4.69) is 49.6 Å². The monoisotopic (exact) mass is 452 g/mol. The van der Waals surface area contributed by atoms with Crippen LogP contribution in [0.3, 0.4) is 0 Å². The van der Waals surface area contributed by atoms with Crippen molar-refractivity contribution in [1.82, 2.24) is 0 Å². The molecule has 0 amide bonds. The number of benzene rings is 3. The van der Waals surface area contributed by atoms with Crippen LogP contribution >= 0.6 is 0 Å². The summed E-state index contributed by atoms with van der Waals surface area (Å²) in [7, 11) is 0. The molecule has 4 rings (SSSR count). The fraction of sp³-hybridized carbons (Fsp3) is 0.394. The number of halogens is 1. The van der Waals surface area contributed by atoms with Crippen LogP contribution < -0.4 is 0 Å². The summed E-state index contributed by atoms with van der Waals surface area (Å²) >= 11 is 0. The molecule has 0 heterocycles. The predicted octanol–water partition coefficient (Wildman–Crippen LogP) is 9.35. The molecular weight excluding hydrogens is 415 g/mol. The third-order valence-corrected chi connectivity index (χ3v) is 7.44. The standard InChI is InChI=1S/C33H37F/c1-3-5-7-9-26-10-12-27(13-11-26)16-19-29-20-21-31-24-30(22-23-32(31)33(29)34)28-17-14-25(15-18-28)8-6-4-2/h4,10-13,20-25,28H,2-3,5-9,14-15,17-18H2,1H3. The molecule has 0 N–H and O–H groups in total. The maximum Gasteiger partial charge on any atom is 0.146 e. The van der Waals surface area contributed by atoms with Crippen LogP contribution in [0, 0.1) is 23.6 Å². The van der Waals surface area contributed by atoms with Gasteiger partial charge in [-0.1, -0.05) is 74.1 Å². The fourth-order valence-electron chi connectivity index (χ4n) is 5.27. The Morgan fingerprint density at radius 1 is 0.941 bits per heavy atom. The normalized spacial score (nSPS) is 17.8. The summed E-state index contributed by atoms with van der Waals surface area (Å²) in [5, 5.41) is 1.65. The van der Waals surface area contributed by atoms with Crippen LogP contribution in [0.5, 0.6) is 0 Å². The maximum absolute atomic E-state index is 15.2. The van der Waals surface area contributed by atoms with Gasteiger partial charge >= 0.3 is 0 Å². The summed E-state index contributed by atoms with van der Waals surface area (Å²) in [6, 6.07) is 18.5.